The van der Waals surface area contributed by atoms with E-state index in [9.17, 15) is 14.4 Å². The number of ketones is 1. The topological polar surface area (TPSA) is 87.7 Å². The van der Waals surface area contributed by atoms with Gasteiger partial charge in [-0.3, -0.25) is 14.4 Å². The normalized spacial score (nSPS) is 13.1. The summed E-state index contributed by atoms with van der Waals surface area (Å²) >= 11 is 1.39. The summed E-state index contributed by atoms with van der Waals surface area (Å²) in [4.78, 5) is 41.0. The minimum Gasteiger partial charge on any atom is -0.378 e. The number of benzene rings is 3. The Morgan fingerprint density at radius 1 is 0.711 bits per heavy atom. The first-order valence-electron chi connectivity index (χ1n) is 12.3. The second-order valence-electron chi connectivity index (χ2n) is 8.97. The predicted octanol–water partition coefficient (Wildman–Crippen LogP) is 5.63. The number of nitrogens with one attached hydrogen (secondary N) is 2. The zero-order valence-corrected chi connectivity index (χ0v) is 21.7. The maximum Gasteiger partial charge on any atom is 0.265 e. The van der Waals surface area contributed by atoms with E-state index in [1.165, 1.54) is 11.3 Å². The average Bonchev–Trinajstić information content (AvgIpc) is 3.40. The minimum absolute atomic E-state index is 0.145. The molecule has 1 aliphatic rings. The summed E-state index contributed by atoms with van der Waals surface area (Å²) < 4.78 is 5.39. The highest BCUT2D eigenvalue weighted by molar-refractivity contribution is 7.12. The first-order valence-corrected chi connectivity index (χ1v) is 13.2. The van der Waals surface area contributed by atoms with Gasteiger partial charge in [0, 0.05) is 46.8 Å². The molecule has 2 heterocycles. The number of thiophene rings is 1. The van der Waals surface area contributed by atoms with E-state index in [0.29, 0.717) is 46.2 Å². The fraction of sp³-hybridized carbons (Fsp3) is 0.167. The molecule has 0 bridgehead atoms. The molecule has 192 valence electrons. The summed E-state index contributed by atoms with van der Waals surface area (Å²) in [5.74, 6) is -0.524. The molecule has 0 atom stereocenters. The maximum absolute atomic E-state index is 12.9. The number of amides is 2. The third-order valence-electron chi connectivity index (χ3n) is 6.38. The largest absolute Gasteiger partial charge is 0.378 e. The van der Waals surface area contributed by atoms with Crippen molar-refractivity contribution in [3.63, 3.8) is 0 Å². The lowest BCUT2D eigenvalue weighted by atomic mass is 10.0. The van der Waals surface area contributed by atoms with Gasteiger partial charge in [-0.2, -0.15) is 0 Å². The van der Waals surface area contributed by atoms with Gasteiger partial charge in [0.1, 0.15) is 0 Å². The Labute approximate surface area is 225 Å². The molecular weight excluding hydrogens is 498 g/mol. The molecule has 0 radical (unpaired) electrons. The smallest absolute Gasteiger partial charge is 0.265 e. The van der Waals surface area contributed by atoms with Gasteiger partial charge in [-0.05, 0) is 96.7 Å². The molecule has 2 amide bonds. The van der Waals surface area contributed by atoms with E-state index >= 15 is 0 Å². The number of hydrogen-bond acceptors (Lipinski definition) is 6. The van der Waals surface area contributed by atoms with Crippen LogP contribution in [0.15, 0.2) is 84.2 Å². The van der Waals surface area contributed by atoms with Gasteiger partial charge >= 0.3 is 0 Å². The number of rotatable bonds is 7. The first-order chi connectivity index (χ1) is 18.5. The van der Waals surface area contributed by atoms with Gasteiger partial charge in [-0.15, -0.1) is 11.3 Å². The van der Waals surface area contributed by atoms with Gasteiger partial charge in [0.05, 0.1) is 18.1 Å². The molecule has 2 N–H and O–H groups in total. The monoisotopic (exact) mass is 525 g/mol. The highest BCUT2D eigenvalue weighted by Gasteiger charge is 2.14. The Balaban J connectivity index is 1.18. The summed E-state index contributed by atoms with van der Waals surface area (Å²) in [5, 5.41) is 7.62. The van der Waals surface area contributed by atoms with Gasteiger partial charge in [0.15, 0.2) is 5.78 Å². The highest BCUT2D eigenvalue weighted by atomic mass is 32.1. The van der Waals surface area contributed by atoms with Crippen LogP contribution in [0, 0.1) is 6.92 Å². The fourth-order valence-electron chi connectivity index (χ4n) is 4.22. The van der Waals surface area contributed by atoms with Gasteiger partial charge in [-0.1, -0.05) is 0 Å². The molecule has 1 fully saturated rings. The molecule has 1 aromatic heterocycles. The van der Waals surface area contributed by atoms with Crippen molar-refractivity contribution >= 4 is 46.0 Å². The van der Waals surface area contributed by atoms with Crippen LogP contribution >= 0.6 is 11.3 Å². The van der Waals surface area contributed by atoms with Gasteiger partial charge < -0.3 is 20.3 Å². The zero-order chi connectivity index (χ0) is 26.5. The SMILES string of the molecule is Cc1ccsc1C(=O)Nc1ccc(C(=O)c2ccc(NC(=O)c3ccc(N4CCOCC4)cc3)cc2)cc1. The zero-order valence-electron chi connectivity index (χ0n) is 20.9. The third kappa shape index (κ3) is 5.82. The fourth-order valence-corrected chi connectivity index (χ4v) is 5.04. The molecule has 4 aromatic rings. The van der Waals surface area contributed by atoms with Crippen molar-refractivity contribution in [1.82, 2.24) is 0 Å². The van der Waals surface area contributed by atoms with Crippen molar-refractivity contribution in [2.75, 3.05) is 41.8 Å². The molecular formula is C30H27N3O4S. The molecule has 0 saturated carbocycles. The van der Waals surface area contributed by atoms with Crippen LogP contribution in [0.5, 0.6) is 0 Å². The Hall–Kier alpha value is -4.27. The summed E-state index contributed by atoms with van der Waals surface area (Å²) in [7, 11) is 0. The summed E-state index contributed by atoms with van der Waals surface area (Å²) in [6, 6.07) is 23.0. The van der Waals surface area contributed by atoms with E-state index in [2.05, 4.69) is 15.5 Å². The number of morpholine rings is 1. The quantitative estimate of drug-likeness (QED) is 0.306. The molecule has 0 aliphatic carbocycles. The van der Waals surface area contributed by atoms with Crippen LogP contribution in [0.3, 0.4) is 0 Å². The highest BCUT2D eigenvalue weighted by Crippen LogP contribution is 2.21. The lowest BCUT2D eigenvalue weighted by Gasteiger charge is -2.28. The van der Waals surface area contributed by atoms with Crippen molar-refractivity contribution < 1.29 is 19.1 Å². The van der Waals surface area contributed by atoms with Crippen LogP contribution < -0.4 is 15.5 Å². The molecule has 0 unspecified atom stereocenters. The van der Waals surface area contributed by atoms with Crippen LogP contribution in [-0.4, -0.2) is 43.9 Å². The van der Waals surface area contributed by atoms with Crippen LogP contribution in [-0.2, 0) is 4.74 Å². The van der Waals surface area contributed by atoms with E-state index in [-0.39, 0.29) is 17.6 Å². The van der Waals surface area contributed by atoms with E-state index in [0.717, 1.165) is 24.3 Å². The third-order valence-corrected chi connectivity index (χ3v) is 7.40. The first kappa shape index (κ1) is 25.4. The van der Waals surface area contributed by atoms with Crippen molar-refractivity contribution in [2.24, 2.45) is 0 Å². The summed E-state index contributed by atoms with van der Waals surface area (Å²) in [6.07, 6.45) is 0. The Kier molecular flexibility index (Phi) is 7.62. The summed E-state index contributed by atoms with van der Waals surface area (Å²) in [5.41, 5.74) is 4.79. The van der Waals surface area contributed by atoms with Crippen molar-refractivity contribution in [1.29, 1.82) is 0 Å². The van der Waals surface area contributed by atoms with Crippen LogP contribution in [0.25, 0.3) is 0 Å². The number of carbonyl (C=O) groups is 3. The molecule has 3 aromatic carbocycles. The second-order valence-corrected chi connectivity index (χ2v) is 9.89. The minimum atomic E-state index is -0.215. The molecule has 8 heteroatoms. The van der Waals surface area contributed by atoms with Crippen LogP contribution in [0.1, 0.15) is 41.5 Å². The van der Waals surface area contributed by atoms with Crippen LogP contribution in [0.2, 0.25) is 0 Å². The predicted molar refractivity (Wildman–Crippen MR) is 151 cm³/mol. The number of carbonyl (C=O) groups excluding carboxylic acids is 3. The average molecular weight is 526 g/mol. The van der Waals surface area contributed by atoms with E-state index in [1.807, 2.05) is 42.6 Å². The van der Waals surface area contributed by atoms with Crippen LogP contribution in [0.4, 0.5) is 17.1 Å². The van der Waals surface area contributed by atoms with E-state index < -0.39 is 0 Å². The molecule has 7 nitrogen and oxygen atoms in total. The number of aryl methyl sites for hydroxylation is 1. The van der Waals surface area contributed by atoms with E-state index in [4.69, 9.17) is 4.74 Å². The van der Waals surface area contributed by atoms with Crippen molar-refractivity contribution in [3.8, 4) is 0 Å². The Bertz CT molecular complexity index is 1440. The second kappa shape index (κ2) is 11.4. The maximum atomic E-state index is 12.9. The van der Waals surface area contributed by atoms with E-state index in [1.54, 1.807) is 48.5 Å². The lowest BCUT2D eigenvalue weighted by molar-refractivity contribution is 0.102. The number of hydrogen-bond donors (Lipinski definition) is 2. The number of nitrogens with zero attached hydrogens (tertiary/aromatic N) is 1. The van der Waals surface area contributed by atoms with Gasteiger partial charge in [-0.25, -0.2) is 0 Å². The van der Waals surface area contributed by atoms with Crippen molar-refractivity contribution in [3.05, 3.63) is 111 Å². The molecule has 1 saturated heterocycles. The molecule has 38 heavy (non-hydrogen) atoms. The molecule has 1 aliphatic heterocycles. The molecule has 5 rings (SSSR count). The standard InChI is InChI=1S/C30H27N3O4S/c1-20-14-19-38-28(20)30(36)32-25-10-4-22(5-11-25)27(34)21-2-8-24(9-3-21)31-29(35)23-6-12-26(13-7-23)33-15-17-37-18-16-33/h2-14,19H,15-18H2,1H3,(H,31,35)(H,32,36). The van der Waals surface area contributed by atoms with Gasteiger partial charge in [0.25, 0.3) is 11.8 Å². The van der Waals surface area contributed by atoms with Gasteiger partial charge in [0.2, 0.25) is 0 Å². The molecule has 0 spiro atoms. The number of ether oxygens (including phenoxy) is 1. The number of anilines is 3. The van der Waals surface area contributed by atoms with Crippen molar-refractivity contribution in [2.45, 2.75) is 6.92 Å². The Morgan fingerprint density at radius 3 is 1.76 bits per heavy atom. The lowest BCUT2D eigenvalue weighted by Crippen LogP contribution is -2.36. The Morgan fingerprint density at radius 2 is 1.24 bits per heavy atom. The summed E-state index contributed by atoms with van der Waals surface area (Å²) in [6.45, 7) is 4.99.